The van der Waals surface area contributed by atoms with Crippen LogP contribution in [0.5, 0.6) is 5.75 Å². The molecule has 5 nitrogen and oxygen atoms in total. The molecule has 0 saturated heterocycles. The van der Waals surface area contributed by atoms with E-state index in [-0.39, 0.29) is 6.10 Å². The molecule has 0 heterocycles. The quantitative estimate of drug-likeness (QED) is 0.244. The highest BCUT2D eigenvalue weighted by molar-refractivity contribution is 5.78. The van der Waals surface area contributed by atoms with Crippen LogP contribution in [0.1, 0.15) is 33.9 Å². The minimum atomic E-state index is -0.974. The van der Waals surface area contributed by atoms with Gasteiger partial charge in [0.05, 0.1) is 6.61 Å². The number of carboxylic acids is 1. The van der Waals surface area contributed by atoms with Crippen molar-refractivity contribution in [2.45, 2.75) is 18.6 Å². The number of methoxy groups -OCH3 is 1. The smallest absolute Gasteiger partial charge is 0.333 e. The summed E-state index contributed by atoms with van der Waals surface area (Å²) in [6, 6.07) is 32.7. The Kier molecular flexibility index (Phi) is 7.98. The van der Waals surface area contributed by atoms with Crippen molar-refractivity contribution < 1.29 is 24.1 Å². The zero-order chi connectivity index (χ0) is 26.3. The summed E-state index contributed by atoms with van der Waals surface area (Å²) in [4.78, 5) is 11.2. The van der Waals surface area contributed by atoms with Gasteiger partial charge in [-0.2, -0.15) is 0 Å². The van der Waals surface area contributed by atoms with Crippen LogP contribution in [0.2, 0.25) is 0 Å². The Balaban J connectivity index is 1.29. The number of fused-ring (bicyclic) bond motifs is 2. The molecule has 0 bridgehead atoms. The van der Waals surface area contributed by atoms with Crippen LogP contribution in [0.3, 0.4) is 0 Å². The molecule has 0 saturated carbocycles. The van der Waals surface area contributed by atoms with Gasteiger partial charge in [0.1, 0.15) is 18.5 Å². The molecule has 38 heavy (non-hydrogen) atoms. The van der Waals surface area contributed by atoms with Crippen molar-refractivity contribution in [3.63, 3.8) is 0 Å². The highest BCUT2D eigenvalue weighted by atomic mass is 16.5. The highest BCUT2D eigenvalue weighted by Gasteiger charge is 2.23. The monoisotopic (exact) mass is 506 g/mol. The molecule has 192 valence electrons. The van der Waals surface area contributed by atoms with Crippen LogP contribution in [-0.2, 0) is 20.7 Å². The maximum atomic E-state index is 11.2. The fourth-order valence-corrected chi connectivity index (χ4v) is 4.72. The summed E-state index contributed by atoms with van der Waals surface area (Å²) >= 11 is 0. The SMILES string of the molecule is COC(Cc1ccc(OCCOC2c3ccccc3C=Cc3ccc(-c4ccccc4)cc32)cc1)C(=O)O. The molecule has 2 atom stereocenters. The lowest BCUT2D eigenvalue weighted by atomic mass is 9.93. The van der Waals surface area contributed by atoms with Crippen LogP contribution < -0.4 is 4.74 Å². The van der Waals surface area contributed by atoms with E-state index in [1.165, 1.54) is 12.7 Å². The topological polar surface area (TPSA) is 65.0 Å². The minimum Gasteiger partial charge on any atom is -0.491 e. The molecule has 1 aliphatic carbocycles. The van der Waals surface area contributed by atoms with Crippen molar-refractivity contribution in [2.24, 2.45) is 0 Å². The fourth-order valence-electron chi connectivity index (χ4n) is 4.72. The lowest BCUT2D eigenvalue weighted by molar-refractivity contribution is -0.148. The summed E-state index contributed by atoms with van der Waals surface area (Å²) in [5.41, 5.74) is 7.73. The second-order valence-corrected chi connectivity index (χ2v) is 9.18. The Hall–Kier alpha value is -4.19. The lowest BCUT2D eigenvalue weighted by Gasteiger charge is -2.22. The number of ether oxygens (including phenoxy) is 3. The van der Waals surface area contributed by atoms with Gasteiger partial charge in [-0.05, 0) is 57.1 Å². The van der Waals surface area contributed by atoms with Gasteiger partial charge in [-0.1, -0.05) is 91.0 Å². The number of benzene rings is 4. The number of hydrogen-bond donors (Lipinski definition) is 1. The van der Waals surface area contributed by atoms with E-state index in [0.717, 1.165) is 33.4 Å². The number of aliphatic carboxylic acids is 1. The Bertz CT molecular complexity index is 1410. The predicted octanol–water partition coefficient (Wildman–Crippen LogP) is 6.66. The third-order valence-electron chi connectivity index (χ3n) is 6.74. The van der Waals surface area contributed by atoms with Gasteiger partial charge < -0.3 is 19.3 Å². The van der Waals surface area contributed by atoms with Gasteiger partial charge in [0.15, 0.2) is 6.10 Å². The molecule has 1 N–H and O–H groups in total. The van der Waals surface area contributed by atoms with E-state index in [0.29, 0.717) is 25.4 Å². The molecule has 4 aromatic rings. The van der Waals surface area contributed by atoms with Crippen LogP contribution in [0.25, 0.3) is 23.3 Å². The van der Waals surface area contributed by atoms with Crippen molar-refractivity contribution in [3.8, 4) is 16.9 Å². The summed E-state index contributed by atoms with van der Waals surface area (Å²) in [7, 11) is 1.40. The van der Waals surface area contributed by atoms with Crippen LogP contribution >= 0.6 is 0 Å². The van der Waals surface area contributed by atoms with Gasteiger partial charge in [0.2, 0.25) is 0 Å². The number of carbonyl (C=O) groups is 1. The highest BCUT2D eigenvalue weighted by Crippen LogP contribution is 2.37. The maximum absolute atomic E-state index is 11.2. The minimum absolute atomic E-state index is 0.229. The molecule has 5 heteroatoms. The summed E-state index contributed by atoms with van der Waals surface area (Å²) < 4.78 is 17.5. The predicted molar refractivity (Wildman–Crippen MR) is 149 cm³/mol. The molecule has 0 amide bonds. The van der Waals surface area contributed by atoms with E-state index in [2.05, 4.69) is 66.7 Å². The van der Waals surface area contributed by atoms with Gasteiger partial charge in [-0.3, -0.25) is 0 Å². The van der Waals surface area contributed by atoms with Crippen molar-refractivity contribution in [1.82, 2.24) is 0 Å². The molecule has 4 aromatic carbocycles. The van der Waals surface area contributed by atoms with E-state index in [1.54, 1.807) is 0 Å². The van der Waals surface area contributed by atoms with Gasteiger partial charge in [0, 0.05) is 13.5 Å². The van der Waals surface area contributed by atoms with Crippen LogP contribution in [0, 0.1) is 0 Å². The standard InChI is InChI=1S/C33H30O5/c1-36-31(33(34)35)21-23-11-17-28(18-12-23)37-19-20-38-32-29-10-6-5-9-25(29)13-14-26-15-16-27(22-30(26)32)24-7-3-2-4-8-24/h2-18,22,31-32H,19-21H2,1H3,(H,34,35). The zero-order valence-corrected chi connectivity index (χ0v) is 21.2. The second-order valence-electron chi connectivity index (χ2n) is 9.18. The lowest BCUT2D eigenvalue weighted by Crippen LogP contribution is -2.24. The Morgan fingerprint density at radius 2 is 1.50 bits per heavy atom. The Labute approximate surface area is 222 Å². The van der Waals surface area contributed by atoms with Crippen LogP contribution in [0.15, 0.2) is 97.1 Å². The van der Waals surface area contributed by atoms with Gasteiger partial charge in [-0.15, -0.1) is 0 Å². The van der Waals surface area contributed by atoms with E-state index in [1.807, 2.05) is 42.5 Å². The summed E-state index contributed by atoms with van der Waals surface area (Å²) in [5.74, 6) is -0.269. The first-order valence-corrected chi connectivity index (χ1v) is 12.7. The maximum Gasteiger partial charge on any atom is 0.333 e. The zero-order valence-electron chi connectivity index (χ0n) is 21.2. The van der Waals surface area contributed by atoms with Crippen molar-refractivity contribution in [2.75, 3.05) is 20.3 Å². The van der Waals surface area contributed by atoms with Gasteiger partial charge in [-0.25, -0.2) is 4.79 Å². The molecule has 0 spiro atoms. The van der Waals surface area contributed by atoms with Crippen molar-refractivity contribution in [3.05, 3.63) is 125 Å². The Morgan fingerprint density at radius 3 is 2.24 bits per heavy atom. The van der Waals surface area contributed by atoms with Gasteiger partial charge in [0.25, 0.3) is 0 Å². The van der Waals surface area contributed by atoms with E-state index < -0.39 is 12.1 Å². The average molecular weight is 507 g/mol. The molecule has 2 unspecified atom stereocenters. The second kappa shape index (κ2) is 11.9. The van der Waals surface area contributed by atoms with E-state index in [4.69, 9.17) is 14.2 Å². The molecule has 0 fully saturated rings. The number of rotatable bonds is 10. The van der Waals surface area contributed by atoms with Crippen LogP contribution in [0.4, 0.5) is 0 Å². The molecule has 0 radical (unpaired) electrons. The fraction of sp³-hybridized carbons (Fsp3) is 0.182. The summed E-state index contributed by atoms with van der Waals surface area (Å²) in [6.07, 6.45) is 3.51. The van der Waals surface area contributed by atoms with Crippen LogP contribution in [-0.4, -0.2) is 37.5 Å². The first kappa shape index (κ1) is 25.5. The number of carboxylic acid groups (broad SMARTS) is 1. The molecule has 0 aromatic heterocycles. The first-order chi connectivity index (χ1) is 18.6. The van der Waals surface area contributed by atoms with E-state index in [9.17, 15) is 9.90 Å². The molecule has 0 aliphatic heterocycles. The molecular formula is C33H30O5. The molecular weight excluding hydrogens is 476 g/mol. The van der Waals surface area contributed by atoms with Crippen molar-refractivity contribution in [1.29, 1.82) is 0 Å². The van der Waals surface area contributed by atoms with Gasteiger partial charge >= 0.3 is 5.97 Å². The average Bonchev–Trinajstić information content (AvgIpc) is 3.11. The third kappa shape index (κ3) is 5.86. The third-order valence-corrected chi connectivity index (χ3v) is 6.74. The normalized spacial score (nSPS) is 14.7. The summed E-state index contributed by atoms with van der Waals surface area (Å²) in [5, 5.41) is 9.19. The molecule has 1 aliphatic rings. The molecule has 5 rings (SSSR count). The first-order valence-electron chi connectivity index (χ1n) is 12.7. The van der Waals surface area contributed by atoms with E-state index >= 15 is 0 Å². The Morgan fingerprint density at radius 1 is 0.789 bits per heavy atom. The number of hydrogen-bond acceptors (Lipinski definition) is 4. The largest absolute Gasteiger partial charge is 0.491 e. The summed E-state index contributed by atoms with van der Waals surface area (Å²) in [6.45, 7) is 0.787. The van der Waals surface area contributed by atoms with Crippen molar-refractivity contribution >= 4 is 18.1 Å².